The molecule has 2 aromatic carbocycles. The number of nitrogens with zero attached hydrogens (tertiary/aromatic N) is 2. The average molecular weight is 420 g/mol. The second kappa shape index (κ2) is 9.22. The molecule has 0 saturated heterocycles. The average Bonchev–Trinajstić information content (AvgIpc) is 2.87. The minimum absolute atomic E-state index is 0.498. The molecule has 0 bridgehead atoms. The Morgan fingerprint density at radius 1 is 1.03 bits per heavy atom. The number of para-hydroxylation sites is 1. The highest BCUT2D eigenvalue weighted by Gasteiger charge is 2.24. The van der Waals surface area contributed by atoms with Gasteiger partial charge in [-0.15, -0.1) is 0 Å². The fraction of sp³-hybridized carbons (Fsp3) is 0.423. The van der Waals surface area contributed by atoms with Crippen molar-refractivity contribution in [2.75, 3.05) is 5.32 Å². The molecule has 1 aliphatic rings. The molecule has 3 nitrogen and oxygen atoms in total. The predicted octanol–water partition coefficient (Wildman–Crippen LogP) is 6.72. The summed E-state index contributed by atoms with van der Waals surface area (Å²) >= 11 is 6.01. The molecule has 1 N–H and O–H groups in total. The van der Waals surface area contributed by atoms with Crippen LogP contribution in [0, 0.1) is 13.8 Å². The maximum absolute atomic E-state index is 6.01. The highest BCUT2D eigenvalue weighted by atomic mass is 32.1. The van der Waals surface area contributed by atoms with Crippen molar-refractivity contribution in [3.05, 3.63) is 65.4 Å². The van der Waals surface area contributed by atoms with E-state index < -0.39 is 0 Å². The van der Waals surface area contributed by atoms with Gasteiger partial charge in [-0.25, -0.2) is 0 Å². The maximum atomic E-state index is 6.01. The van der Waals surface area contributed by atoms with E-state index in [0.717, 1.165) is 17.3 Å². The van der Waals surface area contributed by atoms with Gasteiger partial charge in [0, 0.05) is 42.4 Å². The van der Waals surface area contributed by atoms with Gasteiger partial charge in [0.1, 0.15) is 0 Å². The minimum Gasteiger partial charge on any atom is -0.350 e. The third-order valence-corrected chi connectivity index (χ3v) is 6.66. The van der Waals surface area contributed by atoms with E-state index in [1.165, 1.54) is 66.1 Å². The lowest BCUT2D eigenvalue weighted by Crippen LogP contribution is -2.42. The van der Waals surface area contributed by atoms with Gasteiger partial charge < -0.3 is 14.8 Å². The number of aromatic nitrogens is 1. The van der Waals surface area contributed by atoms with E-state index >= 15 is 0 Å². The number of nitrogens with one attached hydrogen (secondary N) is 1. The number of fused-ring (bicyclic) bond motifs is 1. The van der Waals surface area contributed by atoms with Crippen molar-refractivity contribution in [2.45, 2.75) is 65.0 Å². The fourth-order valence-electron chi connectivity index (χ4n) is 4.91. The number of benzene rings is 2. The molecule has 0 aliphatic heterocycles. The van der Waals surface area contributed by atoms with Crippen molar-refractivity contribution in [3.63, 3.8) is 0 Å². The molecule has 1 aromatic heterocycles. The van der Waals surface area contributed by atoms with Gasteiger partial charge in [0.15, 0.2) is 5.11 Å². The van der Waals surface area contributed by atoms with Crippen molar-refractivity contribution in [2.24, 2.45) is 7.05 Å². The third kappa shape index (κ3) is 4.70. The molecular formula is C26H33N3S. The van der Waals surface area contributed by atoms with E-state index in [1.807, 2.05) is 0 Å². The maximum Gasteiger partial charge on any atom is 0.173 e. The number of hydrogen-bond donors (Lipinski definition) is 1. The van der Waals surface area contributed by atoms with E-state index in [4.69, 9.17) is 12.2 Å². The SMILES string of the molecule is Cc1cc(C)cc(NC(=S)N(Cc2cn(C)c3ccccc23)C2CCCCCC2)c1. The van der Waals surface area contributed by atoms with Gasteiger partial charge in [0.05, 0.1) is 0 Å². The summed E-state index contributed by atoms with van der Waals surface area (Å²) in [7, 11) is 2.13. The summed E-state index contributed by atoms with van der Waals surface area (Å²) in [5.74, 6) is 0. The largest absolute Gasteiger partial charge is 0.350 e. The first-order chi connectivity index (χ1) is 14.5. The van der Waals surface area contributed by atoms with Crippen LogP contribution in [0.25, 0.3) is 10.9 Å². The molecular weight excluding hydrogens is 386 g/mol. The van der Waals surface area contributed by atoms with Gasteiger partial charge in [-0.3, -0.25) is 0 Å². The first kappa shape index (κ1) is 20.9. The van der Waals surface area contributed by atoms with E-state index in [9.17, 15) is 0 Å². The zero-order valence-electron chi connectivity index (χ0n) is 18.4. The van der Waals surface area contributed by atoms with Gasteiger partial charge in [-0.05, 0) is 73.8 Å². The lowest BCUT2D eigenvalue weighted by molar-refractivity contribution is 0.281. The highest BCUT2D eigenvalue weighted by Crippen LogP contribution is 2.28. The summed E-state index contributed by atoms with van der Waals surface area (Å²) in [4.78, 5) is 2.46. The van der Waals surface area contributed by atoms with E-state index in [2.05, 4.69) is 84.3 Å². The Hall–Kier alpha value is -2.33. The van der Waals surface area contributed by atoms with Crippen LogP contribution in [0.2, 0.25) is 0 Å². The molecule has 3 aromatic rings. The van der Waals surface area contributed by atoms with Crippen molar-refractivity contribution in [1.82, 2.24) is 9.47 Å². The predicted molar refractivity (Wildman–Crippen MR) is 132 cm³/mol. The smallest absolute Gasteiger partial charge is 0.173 e. The minimum atomic E-state index is 0.498. The van der Waals surface area contributed by atoms with Gasteiger partial charge in [0.25, 0.3) is 0 Å². The van der Waals surface area contributed by atoms with Crippen LogP contribution in [0.4, 0.5) is 5.69 Å². The van der Waals surface area contributed by atoms with Crippen LogP contribution in [0.1, 0.15) is 55.2 Å². The summed E-state index contributed by atoms with van der Waals surface area (Å²) in [6.07, 6.45) is 9.99. The monoisotopic (exact) mass is 419 g/mol. The second-order valence-electron chi connectivity index (χ2n) is 8.86. The van der Waals surface area contributed by atoms with Crippen LogP contribution in [0.3, 0.4) is 0 Å². The van der Waals surface area contributed by atoms with Crippen molar-refractivity contribution >= 4 is 33.9 Å². The quantitative estimate of drug-likeness (QED) is 0.374. The van der Waals surface area contributed by atoms with Crippen LogP contribution >= 0.6 is 12.2 Å². The number of hydrogen-bond acceptors (Lipinski definition) is 1. The van der Waals surface area contributed by atoms with E-state index in [1.54, 1.807) is 0 Å². The van der Waals surface area contributed by atoms with Gasteiger partial charge in [-0.1, -0.05) is 49.9 Å². The van der Waals surface area contributed by atoms with Crippen LogP contribution in [-0.2, 0) is 13.6 Å². The molecule has 4 heteroatoms. The first-order valence-electron chi connectivity index (χ1n) is 11.2. The molecule has 0 atom stereocenters. The molecule has 0 radical (unpaired) electrons. The van der Waals surface area contributed by atoms with E-state index in [-0.39, 0.29) is 0 Å². The van der Waals surface area contributed by atoms with E-state index in [0.29, 0.717) is 6.04 Å². The summed E-state index contributed by atoms with van der Waals surface area (Å²) in [6, 6.07) is 15.7. The van der Waals surface area contributed by atoms with Crippen LogP contribution in [0.15, 0.2) is 48.7 Å². The Kier molecular flexibility index (Phi) is 6.43. The topological polar surface area (TPSA) is 20.2 Å². The van der Waals surface area contributed by atoms with Crippen LogP contribution < -0.4 is 5.32 Å². The molecule has 1 fully saturated rings. The summed E-state index contributed by atoms with van der Waals surface area (Å²) in [5, 5.41) is 5.74. The lowest BCUT2D eigenvalue weighted by Gasteiger charge is -2.34. The number of thiocarbonyl (C=S) groups is 1. The second-order valence-corrected chi connectivity index (χ2v) is 9.25. The Morgan fingerprint density at radius 3 is 2.40 bits per heavy atom. The van der Waals surface area contributed by atoms with Crippen molar-refractivity contribution < 1.29 is 0 Å². The zero-order valence-corrected chi connectivity index (χ0v) is 19.3. The van der Waals surface area contributed by atoms with Crippen LogP contribution in [-0.4, -0.2) is 20.6 Å². The molecule has 4 rings (SSSR count). The summed E-state index contributed by atoms with van der Waals surface area (Å²) < 4.78 is 2.23. The first-order valence-corrected chi connectivity index (χ1v) is 11.6. The normalized spacial score (nSPS) is 15.2. The summed E-state index contributed by atoms with van der Waals surface area (Å²) in [5.41, 5.74) is 6.24. The van der Waals surface area contributed by atoms with Gasteiger partial charge >= 0.3 is 0 Å². The molecule has 1 aliphatic carbocycles. The Labute approximate surface area is 186 Å². The highest BCUT2D eigenvalue weighted by molar-refractivity contribution is 7.80. The Bertz CT molecular complexity index is 1010. The standard InChI is InChI=1S/C26H33N3S/c1-19-14-20(2)16-22(15-19)27-26(30)29(23-10-6-4-5-7-11-23)18-21-17-28(3)25-13-9-8-12-24(21)25/h8-9,12-17,23H,4-7,10-11,18H2,1-3H3,(H,27,30). The molecule has 1 saturated carbocycles. The van der Waals surface area contributed by atoms with Gasteiger partial charge in [0.2, 0.25) is 0 Å². The van der Waals surface area contributed by atoms with Crippen LogP contribution in [0.5, 0.6) is 0 Å². The lowest BCUT2D eigenvalue weighted by atomic mass is 10.1. The zero-order chi connectivity index (χ0) is 21.1. The molecule has 0 amide bonds. The van der Waals surface area contributed by atoms with Crippen molar-refractivity contribution in [3.8, 4) is 0 Å². The van der Waals surface area contributed by atoms with Crippen molar-refractivity contribution in [1.29, 1.82) is 0 Å². The Balaban J connectivity index is 1.64. The molecule has 30 heavy (non-hydrogen) atoms. The molecule has 0 unspecified atom stereocenters. The van der Waals surface area contributed by atoms with Gasteiger partial charge in [-0.2, -0.15) is 0 Å². The number of anilines is 1. The molecule has 158 valence electrons. The summed E-state index contributed by atoms with van der Waals surface area (Å²) in [6.45, 7) is 5.13. The Morgan fingerprint density at radius 2 is 1.70 bits per heavy atom. The molecule has 0 spiro atoms. The number of rotatable bonds is 4. The third-order valence-electron chi connectivity index (χ3n) is 6.32. The number of aryl methyl sites for hydroxylation is 3. The fourth-order valence-corrected chi connectivity index (χ4v) is 5.24. The molecule has 1 heterocycles.